The number of anilines is 1. The number of nitrogens with one attached hydrogen (secondary N) is 1. The fourth-order valence-corrected chi connectivity index (χ4v) is 3.29. The van der Waals surface area contributed by atoms with Gasteiger partial charge in [0.1, 0.15) is 18.0 Å². The number of carbonyl (C=O) groups excluding carboxylic acids is 2. The molecule has 4 rings (SSSR count). The average Bonchev–Trinajstić information content (AvgIpc) is 3.30. The summed E-state index contributed by atoms with van der Waals surface area (Å²) >= 11 is 0. The van der Waals surface area contributed by atoms with Crippen molar-refractivity contribution >= 4 is 17.5 Å². The quantitative estimate of drug-likeness (QED) is 0.696. The third-order valence-electron chi connectivity index (χ3n) is 4.92. The first kappa shape index (κ1) is 19.7. The lowest BCUT2D eigenvalue weighted by Crippen LogP contribution is -2.50. The minimum absolute atomic E-state index is 0.0740. The Kier molecular flexibility index (Phi) is 5.80. The topological polar surface area (TPSA) is 83.4 Å². The van der Waals surface area contributed by atoms with Crippen molar-refractivity contribution in [3.63, 3.8) is 0 Å². The lowest BCUT2D eigenvalue weighted by molar-refractivity contribution is -0.117. The zero-order valence-corrected chi connectivity index (χ0v) is 16.2. The molecule has 2 aromatic heterocycles. The van der Waals surface area contributed by atoms with Gasteiger partial charge in [-0.15, -0.1) is 0 Å². The molecule has 1 aliphatic rings. The molecule has 30 heavy (non-hydrogen) atoms. The maximum atomic E-state index is 12.9. The third-order valence-corrected chi connectivity index (χ3v) is 4.92. The number of pyridine rings is 1. The molecule has 0 radical (unpaired) electrons. The molecular formula is C21H21FN6O2. The van der Waals surface area contributed by atoms with Crippen LogP contribution >= 0.6 is 0 Å². The van der Waals surface area contributed by atoms with Crippen LogP contribution in [-0.4, -0.2) is 68.9 Å². The summed E-state index contributed by atoms with van der Waals surface area (Å²) in [6, 6.07) is 9.19. The van der Waals surface area contributed by atoms with E-state index in [0.717, 1.165) is 0 Å². The predicted molar refractivity (Wildman–Crippen MR) is 109 cm³/mol. The molecule has 1 aliphatic heterocycles. The largest absolute Gasteiger partial charge is 0.336 e. The molecule has 2 amide bonds. The standard InChI is InChI=1S/C21H21FN6O2/c22-17-2-4-18(5-3-17)25-20(29)14-26-9-11-27(12-10-26)21(30)16-1-6-19(24-13-16)28-8-7-23-15-28/h1-8,13,15H,9-12,14H2,(H,25,29). The van der Waals surface area contributed by atoms with Gasteiger partial charge in [-0.2, -0.15) is 0 Å². The van der Waals surface area contributed by atoms with Crippen LogP contribution in [0.3, 0.4) is 0 Å². The molecule has 1 N–H and O–H groups in total. The van der Waals surface area contributed by atoms with Crippen molar-refractivity contribution in [3.8, 4) is 5.82 Å². The molecule has 0 spiro atoms. The number of halogens is 1. The van der Waals surface area contributed by atoms with E-state index in [4.69, 9.17) is 0 Å². The second kappa shape index (κ2) is 8.83. The Morgan fingerprint density at radius 1 is 1.03 bits per heavy atom. The Bertz CT molecular complexity index is 997. The van der Waals surface area contributed by atoms with Crippen LogP contribution in [0.2, 0.25) is 0 Å². The molecule has 1 fully saturated rings. The highest BCUT2D eigenvalue weighted by atomic mass is 19.1. The van der Waals surface area contributed by atoms with Crippen LogP contribution in [0.1, 0.15) is 10.4 Å². The highest BCUT2D eigenvalue weighted by Gasteiger charge is 2.23. The molecule has 0 atom stereocenters. The SMILES string of the molecule is O=C(CN1CCN(C(=O)c2ccc(-n3ccnc3)nc2)CC1)Nc1ccc(F)cc1. The van der Waals surface area contributed by atoms with Crippen LogP contribution in [0.5, 0.6) is 0 Å². The minimum atomic E-state index is -0.347. The number of piperazine rings is 1. The van der Waals surface area contributed by atoms with Crippen molar-refractivity contribution in [2.24, 2.45) is 0 Å². The van der Waals surface area contributed by atoms with Crippen molar-refractivity contribution < 1.29 is 14.0 Å². The Labute approximate surface area is 173 Å². The maximum absolute atomic E-state index is 12.9. The lowest BCUT2D eigenvalue weighted by atomic mass is 10.2. The van der Waals surface area contributed by atoms with Crippen molar-refractivity contribution in [1.82, 2.24) is 24.3 Å². The number of hydrogen-bond acceptors (Lipinski definition) is 5. The average molecular weight is 408 g/mol. The third kappa shape index (κ3) is 4.69. The van der Waals surface area contributed by atoms with E-state index >= 15 is 0 Å². The highest BCUT2D eigenvalue weighted by Crippen LogP contribution is 2.12. The summed E-state index contributed by atoms with van der Waals surface area (Å²) in [5, 5.41) is 2.75. The van der Waals surface area contributed by atoms with Gasteiger partial charge in [0.2, 0.25) is 5.91 Å². The van der Waals surface area contributed by atoms with Gasteiger partial charge in [0, 0.05) is 50.5 Å². The molecule has 1 saturated heterocycles. The summed E-state index contributed by atoms with van der Waals surface area (Å²) < 4.78 is 14.7. The monoisotopic (exact) mass is 408 g/mol. The van der Waals surface area contributed by atoms with Crippen LogP contribution in [0.4, 0.5) is 10.1 Å². The number of aromatic nitrogens is 3. The first-order valence-corrected chi connectivity index (χ1v) is 9.60. The fourth-order valence-electron chi connectivity index (χ4n) is 3.29. The van der Waals surface area contributed by atoms with E-state index in [9.17, 15) is 14.0 Å². The van der Waals surface area contributed by atoms with Gasteiger partial charge < -0.3 is 10.2 Å². The van der Waals surface area contributed by atoms with Crippen LogP contribution in [-0.2, 0) is 4.79 Å². The van der Waals surface area contributed by atoms with E-state index in [1.54, 1.807) is 46.5 Å². The second-order valence-electron chi connectivity index (χ2n) is 7.00. The molecule has 1 aromatic carbocycles. The molecule has 3 heterocycles. The molecular weight excluding hydrogens is 387 g/mol. The van der Waals surface area contributed by atoms with Gasteiger partial charge in [-0.25, -0.2) is 14.4 Å². The van der Waals surface area contributed by atoms with Gasteiger partial charge in [0.05, 0.1) is 12.1 Å². The van der Waals surface area contributed by atoms with Crippen LogP contribution in [0, 0.1) is 5.82 Å². The van der Waals surface area contributed by atoms with Crippen LogP contribution < -0.4 is 5.32 Å². The molecule has 3 aromatic rings. The zero-order valence-electron chi connectivity index (χ0n) is 16.2. The molecule has 0 bridgehead atoms. The van der Waals surface area contributed by atoms with E-state index in [1.165, 1.54) is 24.3 Å². The summed E-state index contributed by atoms with van der Waals surface area (Å²) in [6.07, 6.45) is 6.67. The summed E-state index contributed by atoms with van der Waals surface area (Å²) in [7, 11) is 0. The van der Waals surface area contributed by atoms with E-state index in [-0.39, 0.29) is 24.2 Å². The molecule has 8 nitrogen and oxygen atoms in total. The zero-order chi connectivity index (χ0) is 20.9. The van der Waals surface area contributed by atoms with Gasteiger partial charge in [-0.1, -0.05) is 0 Å². The van der Waals surface area contributed by atoms with Gasteiger partial charge in [0.15, 0.2) is 0 Å². The van der Waals surface area contributed by atoms with E-state index in [0.29, 0.717) is 43.2 Å². The Balaban J connectivity index is 1.27. The van der Waals surface area contributed by atoms with Crippen LogP contribution in [0.15, 0.2) is 61.3 Å². The van der Waals surface area contributed by atoms with Crippen molar-refractivity contribution in [1.29, 1.82) is 0 Å². The number of benzene rings is 1. The summed E-state index contributed by atoms with van der Waals surface area (Å²) in [5.74, 6) is 0.108. The first-order valence-electron chi connectivity index (χ1n) is 9.60. The van der Waals surface area contributed by atoms with Gasteiger partial charge in [-0.3, -0.25) is 19.1 Å². The van der Waals surface area contributed by atoms with Gasteiger partial charge >= 0.3 is 0 Å². The van der Waals surface area contributed by atoms with Gasteiger partial charge in [0.25, 0.3) is 5.91 Å². The lowest BCUT2D eigenvalue weighted by Gasteiger charge is -2.34. The van der Waals surface area contributed by atoms with Crippen molar-refractivity contribution in [2.75, 3.05) is 38.0 Å². The Hall–Kier alpha value is -3.59. The summed E-state index contributed by atoms with van der Waals surface area (Å²) in [6.45, 7) is 2.49. The van der Waals surface area contributed by atoms with Crippen molar-refractivity contribution in [3.05, 3.63) is 72.7 Å². The van der Waals surface area contributed by atoms with Crippen LogP contribution in [0.25, 0.3) is 5.82 Å². The summed E-state index contributed by atoms with van der Waals surface area (Å²) in [5.41, 5.74) is 1.09. The second-order valence-corrected chi connectivity index (χ2v) is 7.00. The van der Waals surface area contributed by atoms with E-state index in [2.05, 4.69) is 15.3 Å². The summed E-state index contributed by atoms with van der Waals surface area (Å²) in [4.78, 5) is 37.0. The van der Waals surface area contributed by atoms with E-state index in [1.807, 2.05) is 4.90 Å². The van der Waals surface area contributed by atoms with Gasteiger partial charge in [-0.05, 0) is 36.4 Å². The number of carbonyl (C=O) groups is 2. The van der Waals surface area contributed by atoms with Crippen molar-refractivity contribution in [2.45, 2.75) is 0 Å². The molecule has 154 valence electrons. The molecule has 0 unspecified atom stereocenters. The minimum Gasteiger partial charge on any atom is -0.336 e. The number of nitrogens with zero attached hydrogens (tertiary/aromatic N) is 5. The highest BCUT2D eigenvalue weighted by molar-refractivity contribution is 5.94. The molecule has 0 aliphatic carbocycles. The van der Waals surface area contributed by atoms with E-state index < -0.39 is 0 Å². The molecule has 9 heteroatoms. The Morgan fingerprint density at radius 3 is 2.43 bits per heavy atom. The smallest absolute Gasteiger partial charge is 0.255 e. The predicted octanol–water partition coefficient (Wildman–Crippen LogP) is 1.80. The molecule has 0 saturated carbocycles. The normalized spacial score (nSPS) is 14.5. The fraction of sp³-hybridized carbons (Fsp3) is 0.238. The number of rotatable bonds is 5. The maximum Gasteiger partial charge on any atom is 0.255 e. The number of hydrogen-bond donors (Lipinski definition) is 1. The first-order chi connectivity index (χ1) is 14.6. The number of imidazole rings is 1. The number of amides is 2. The Morgan fingerprint density at radius 2 is 1.80 bits per heavy atom.